The molecule has 0 radical (unpaired) electrons. The summed E-state index contributed by atoms with van der Waals surface area (Å²) in [7, 11) is 0. The number of carbonyl (C=O) groups is 2. The Morgan fingerprint density at radius 1 is 1.10 bits per heavy atom. The van der Waals surface area contributed by atoms with Crippen LogP contribution in [-0.2, 0) is 15.8 Å². The van der Waals surface area contributed by atoms with Gasteiger partial charge in [0.05, 0.1) is 17.1 Å². The summed E-state index contributed by atoms with van der Waals surface area (Å²) >= 11 is 3.31. The number of carbonyl (C=O) groups excluding carboxylic acids is 1. The first-order valence-electron chi connectivity index (χ1n) is 9.11. The van der Waals surface area contributed by atoms with Crippen molar-refractivity contribution in [2.45, 2.75) is 25.9 Å². The zero-order valence-electron chi connectivity index (χ0n) is 16.5. The second-order valence-corrected chi connectivity index (χ2v) is 7.94. The van der Waals surface area contributed by atoms with Gasteiger partial charge in [0.1, 0.15) is 5.82 Å². The van der Waals surface area contributed by atoms with Gasteiger partial charge in [-0.3, -0.25) is 4.79 Å². The van der Waals surface area contributed by atoms with E-state index in [1.165, 1.54) is 30.9 Å². The van der Waals surface area contributed by atoms with Crippen LogP contribution in [0.5, 0.6) is 0 Å². The zero-order chi connectivity index (χ0) is 23.1. The van der Waals surface area contributed by atoms with Crippen LogP contribution >= 0.6 is 15.9 Å². The van der Waals surface area contributed by atoms with Crippen molar-refractivity contribution in [3.05, 3.63) is 86.8 Å². The molecule has 3 rings (SSSR count). The van der Waals surface area contributed by atoms with Crippen LogP contribution in [0.3, 0.4) is 0 Å². The number of hydrogen-bond donors (Lipinski definition) is 2. The Labute approximate surface area is 184 Å². The van der Waals surface area contributed by atoms with Gasteiger partial charge >= 0.3 is 12.1 Å². The molecule has 0 aliphatic carbocycles. The molecule has 0 spiro atoms. The Hall–Kier alpha value is -3.07. The molecule has 0 saturated carbocycles. The van der Waals surface area contributed by atoms with Crippen LogP contribution in [-0.4, -0.2) is 16.9 Å². The van der Waals surface area contributed by atoms with E-state index in [1.807, 2.05) is 0 Å². The van der Waals surface area contributed by atoms with Gasteiger partial charge in [0.2, 0.25) is 0 Å². The van der Waals surface area contributed by atoms with Crippen molar-refractivity contribution in [1.82, 2.24) is 0 Å². The Balaban J connectivity index is 2.29. The maximum Gasteiger partial charge on any atom is 0.416 e. The molecule has 1 atom stereocenters. The van der Waals surface area contributed by atoms with Crippen molar-refractivity contribution < 1.29 is 27.9 Å². The maximum atomic E-state index is 13.2. The van der Waals surface area contributed by atoms with Gasteiger partial charge in [0.15, 0.2) is 5.78 Å². The number of halogens is 4. The molecular weight excluding hydrogens is 477 g/mol. The van der Waals surface area contributed by atoms with E-state index in [0.29, 0.717) is 5.56 Å². The normalized spacial score (nSPS) is 17.2. The van der Waals surface area contributed by atoms with Crippen LogP contribution in [0.1, 0.15) is 30.9 Å². The van der Waals surface area contributed by atoms with Crippen molar-refractivity contribution in [2.24, 2.45) is 5.73 Å². The third kappa shape index (κ3) is 4.23. The Morgan fingerprint density at radius 3 is 2.23 bits per heavy atom. The van der Waals surface area contributed by atoms with Gasteiger partial charge < -0.3 is 15.7 Å². The smallest absolute Gasteiger partial charge is 0.416 e. The van der Waals surface area contributed by atoms with Crippen molar-refractivity contribution in [1.29, 1.82) is 0 Å². The summed E-state index contributed by atoms with van der Waals surface area (Å²) in [6.45, 7) is 2.82. The molecule has 9 heteroatoms. The third-order valence-electron chi connectivity index (χ3n) is 5.06. The number of rotatable bonds is 4. The SMILES string of the molecule is CC(=O)C1=C(C)N(c2cccc(C(F)(F)F)c2)C(N)=C(C(=O)O)C1c1ccc(Br)cc1. The highest BCUT2D eigenvalue weighted by molar-refractivity contribution is 9.10. The summed E-state index contributed by atoms with van der Waals surface area (Å²) < 4.78 is 40.4. The summed E-state index contributed by atoms with van der Waals surface area (Å²) in [5, 5.41) is 9.94. The molecule has 2 aromatic carbocycles. The molecule has 1 unspecified atom stereocenters. The van der Waals surface area contributed by atoms with E-state index >= 15 is 0 Å². The molecule has 0 aromatic heterocycles. The number of anilines is 1. The fraction of sp³-hybridized carbons (Fsp3) is 0.182. The fourth-order valence-electron chi connectivity index (χ4n) is 3.76. The predicted octanol–water partition coefficient (Wildman–Crippen LogP) is 5.19. The highest BCUT2D eigenvalue weighted by Gasteiger charge is 2.40. The number of benzene rings is 2. The van der Waals surface area contributed by atoms with Crippen LogP contribution in [0, 0.1) is 0 Å². The number of allylic oxidation sites excluding steroid dienone is 2. The first-order chi connectivity index (χ1) is 14.4. The lowest BCUT2D eigenvalue weighted by molar-refractivity contribution is -0.137. The van der Waals surface area contributed by atoms with E-state index in [-0.39, 0.29) is 28.4 Å². The second kappa shape index (κ2) is 8.22. The number of nitrogens with zero attached hydrogens (tertiary/aromatic N) is 1. The number of ketones is 1. The Kier molecular flexibility index (Phi) is 6.00. The van der Waals surface area contributed by atoms with E-state index in [4.69, 9.17) is 5.73 Å². The number of carboxylic acid groups (broad SMARTS) is 1. The maximum absolute atomic E-state index is 13.2. The minimum atomic E-state index is -4.60. The highest BCUT2D eigenvalue weighted by Crippen LogP contribution is 2.43. The minimum absolute atomic E-state index is 0.0107. The van der Waals surface area contributed by atoms with Crippen LogP contribution in [0.2, 0.25) is 0 Å². The van der Waals surface area contributed by atoms with E-state index < -0.39 is 29.4 Å². The van der Waals surface area contributed by atoms with Gasteiger partial charge in [0.25, 0.3) is 0 Å². The topological polar surface area (TPSA) is 83.6 Å². The number of alkyl halides is 3. The molecule has 1 heterocycles. The predicted molar refractivity (Wildman–Crippen MR) is 113 cm³/mol. The lowest BCUT2D eigenvalue weighted by atomic mass is 9.79. The van der Waals surface area contributed by atoms with E-state index in [0.717, 1.165) is 16.6 Å². The Morgan fingerprint density at radius 2 is 1.71 bits per heavy atom. The molecule has 0 bridgehead atoms. The molecule has 31 heavy (non-hydrogen) atoms. The van der Waals surface area contributed by atoms with Crippen LogP contribution in [0.15, 0.2) is 75.7 Å². The summed E-state index contributed by atoms with van der Waals surface area (Å²) in [4.78, 5) is 26.0. The van der Waals surface area contributed by atoms with E-state index in [9.17, 15) is 27.9 Å². The summed E-state index contributed by atoms with van der Waals surface area (Å²) in [6.07, 6.45) is -4.60. The monoisotopic (exact) mass is 494 g/mol. The number of hydrogen-bond acceptors (Lipinski definition) is 4. The van der Waals surface area contributed by atoms with Gasteiger partial charge in [-0.2, -0.15) is 13.2 Å². The average Bonchev–Trinajstić information content (AvgIpc) is 2.67. The first kappa shape index (κ1) is 22.6. The number of nitrogens with two attached hydrogens (primary N) is 1. The van der Waals surface area contributed by atoms with Gasteiger partial charge in [-0.15, -0.1) is 0 Å². The Bertz CT molecular complexity index is 1080. The molecule has 1 aliphatic heterocycles. The molecule has 1 aliphatic rings. The largest absolute Gasteiger partial charge is 0.478 e. The van der Waals surface area contributed by atoms with Gasteiger partial charge in [-0.25, -0.2) is 4.79 Å². The van der Waals surface area contributed by atoms with E-state index in [2.05, 4.69) is 15.9 Å². The summed E-state index contributed by atoms with van der Waals surface area (Å²) in [6, 6.07) is 11.1. The van der Waals surface area contributed by atoms with Gasteiger partial charge in [-0.1, -0.05) is 34.1 Å². The van der Waals surface area contributed by atoms with Crippen molar-refractivity contribution in [3.63, 3.8) is 0 Å². The molecule has 3 N–H and O–H groups in total. The molecule has 2 aromatic rings. The third-order valence-corrected chi connectivity index (χ3v) is 5.59. The average molecular weight is 495 g/mol. The molecule has 0 fully saturated rings. The van der Waals surface area contributed by atoms with Gasteiger partial charge in [-0.05, 0) is 49.7 Å². The number of Topliss-reactive ketones (excluding diaryl/α,β-unsaturated/α-hetero) is 1. The van der Waals surface area contributed by atoms with Crippen LogP contribution in [0.4, 0.5) is 18.9 Å². The molecule has 5 nitrogen and oxygen atoms in total. The lowest BCUT2D eigenvalue weighted by Gasteiger charge is -2.37. The van der Waals surface area contributed by atoms with E-state index in [1.54, 1.807) is 24.3 Å². The number of aliphatic carboxylic acids is 1. The quantitative estimate of drug-likeness (QED) is 0.610. The first-order valence-corrected chi connectivity index (χ1v) is 9.90. The second-order valence-electron chi connectivity index (χ2n) is 7.03. The zero-order valence-corrected chi connectivity index (χ0v) is 18.1. The lowest BCUT2D eigenvalue weighted by Crippen LogP contribution is -2.38. The standard InChI is InChI=1S/C22H18BrF3N2O3/c1-11-17(12(2)29)18(13-6-8-15(23)9-7-13)19(21(30)31)20(27)28(11)16-5-3-4-14(10-16)22(24,25)26/h3-10,18H,27H2,1-2H3,(H,30,31). The summed E-state index contributed by atoms with van der Waals surface area (Å²) in [5.41, 5.74) is 5.96. The summed E-state index contributed by atoms with van der Waals surface area (Å²) in [5.74, 6) is -2.99. The van der Waals surface area contributed by atoms with Crippen molar-refractivity contribution in [3.8, 4) is 0 Å². The number of carboxylic acids is 1. The van der Waals surface area contributed by atoms with Crippen LogP contribution < -0.4 is 10.6 Å². The molecular formula is C22H18BrF3N2O3. The van der Waals surface area contributed by atoms with Gasteiger partial charge in [0, 0.05) is 21.4 Å². The highest BCUT2D eigenvalue weighted by atomic mass is 79.9. The van der Waals surface area contributed by atoms with Crippen LogP contribution in [0.25, 0.3) is 0 Å². The molecule has 162 valence electrons. The van der Waals surface area contributed by atoms with Crippen molar-refractivity contribution >= 4 is 33.4 Å². The molecule has 0 saturated heterocycles. The fourth-order valence-corrected chi connectivity index (χ4v) is 4.02. The van der Waals surface area contributed by atoms with Crippen molar-refractivity contribution in [2.75, 3.05) is 4.90 Å². The minimum Gasteiger partial charge on any atom is -0.478 e. The molecule has 0 amide bonds.